The van der Waals surface area contributed by atoms with E-state index in [-0.39, 0.29) is 18.0 Å². The fourth-order valence-electron chi connectivity index (χ4n) is 2.36. The molecule has 0 amide bonds. The number of likely N-dealkylation sites (N-methyl/N-ethyl adjacent to an activating group) is 1. The molecule has 0 aliphatic carbocycles. The molecule has 1 atom stereocenters. The highest BCUT2D eigenvalue weighted by atomic mass is 32.2. The van der Waals surface area contributed by atoms with Crippen molar-refractivity contribution in [3.8, 4) is 11.5 Å². The molecule has 2 aromatic rings. The fourth-order valence-corrected chi connectivity index (χ4v) is 3.57. The van der Waals surface area contributed by atoms with Crippen LogP contribution in [0.25, 0.3) is 0 Å². The molecule has 0 saturated carbocycles. The van der Waals surface area contributed by atoms with Crippen LogP contribution in [0.5, 0.6) is 11.5 Å². The van der Waals surface area contributed by atoms with Gasteiger partial charge in [-0.3, -0.25) is 0 Å². The molecule has 1 heterocycles. The standard InChI is InChI=1S/C16H15F2NO4S/c1-19(24(20,21)12-6-7-13(17)14(18)8-12)9-11-10-22-15-4-2-3-5-16(15)23-11/h2-8,11H,9-10H2,1H3/t11-/m1/s1. The van der Waals surface area contributed by atoms with Crippen LogP contribution in [0.3, 0.4) is 0 Å². The first-order chi connectivity index (χ1) is 11.4. The topological polar surface area (TPSA) is 55.8 Å². The number of benzene rings is 2. The van der Waals surface area contributed by atoms with Crippen LogP contribution in [-0.2, 0) is 10.0 Å². The van der Waals surface area contributed by atoms with Gasteiger partial charge in [0.05, 0.1) is 11.4 Å². The third-order valence-corrected chi connectivity index (χ3v) is 5.45. The number of nitrogens with zero attached hydrogens (tertiary/aromatic N) is 1. The fraction of sp³-hybridized carbons (Fsp3) is 0.250. The predicted molar refractivity (Wildman–Crippen MR) is 82.5 cm³/mol. The van der Waals surface area contributed by atoms with E-state index in [1.54, 1.807) is 18.2 Å². The molecule has 2 aromatic carbocycles. The summed E-state index contributed by atoms with van der Waals surface area (Å²) in [5.41, 5.74) is 0. The lowest BCUT2D eigenvalue weighted by Gasteiger charge is -2.29. The Bertz CT molecular complexity index is 857. The minimum atomic E-state index is -3.96. The van der Waals surface area contributed by atoms with Gasteiger partial charge in [0.2, 0.25) is 10.0 Å². The predicted octanol–water partition coefficient (Wildman–Crippen LogP) is 2.43. The van der Waals surface area contributed by atoms with E-state index < -0.39 is 27.8 Å². The number of hydrogen-bond donors (Lipinski definition) is 0. The van der Waals surface area contributed by atoms with Crippen LogP contribution in [0.15, 0.2) is 47.4 Å². The summed E-state index contributed by atoms with van der Waals surface area (Å²) in [6.07, 6.45) is -0.509. The number of ether oxygens (including phenoxy) is 2. The smallest absolute Gasteiger partial charge is 0.243 e. The molecule has 0 unspecified atom stereocenters. The zero-order chi connectivity index (χ0) is 17.3. The van der Waals surface area contributed by atoms with Gasteiger partial charge in [0.25, 0.3) is 0 Å². The Morgan fingerprint density at radius 1 is 1.12 bits per heavy atom. The van der Waals surface area contributed by atoms with E-state index in [1.165, 1.54) is 7.05 Å². The van der Waals surface area contributed by atoms with E-state index >= 15 is 0 Å². The van der Waals surface area contributed by atoms with Gasteiger partial charge in [-0.15, -0.1) is 0 Å². The van der Waals surface area contributed by atoms with Crippen molar-refractivity contribution in [1.29, 1.82) is 0 Å². The van der Waals surface area contributed by atoms with Crippen LogP contribution in [0.1, 0.15) is 0 Å². The second-order valence-electron chi connectivity index (χ2n) is 5.36. The quantitative estimate of drug-likeness (QED) is 0.845. The van der Waals surface area contributed by atoms with Crippen molar-refractivity contribution in [2.75, 3.05) is 20.2 Å². The Morgan fingerprint density at radius 3 is 2.54 bits per heavy atom. The first-order valence-corrected chi connectivity index (χ1v) is 8.62. The first kappa shape index (κ1) is 16.7. The van der Waals surface area contributed by atoms with Gasteiger partial charge in [-0.05, 0) is 30.3 Å². The molecule has 3 rings (SSSR count). The number of para-hydroxylation sites is 2. The zero-order valence-electron chi connectivity index (χ0n) is 12.8. The molecule has 1 aliphatic rings. The van der Waals surface area contributed by atoms with Crippen molar-refractivity contribution in [2.24, 2.45) is 0 Å². The maximum absolute atomic E-state index is 13.3. The molecular weight excluding hydrogens is 340 g/mol. The van der Waals surface area contributed by atoms with Gasteiger partial charge < -0.3 is 9.47 Å². The number of fused-ring (bicyclic) bond motifs is 1. The lowest BCUT2D eigenvalue weighted by molar-refractivity contribution is 0.0798. The second-order valence-corrected chi connectivity index (χ2v) is 7.40. The maximum atomic E-state index is 13.3. The minimum Gasteiger partial charge on any atom is -0.486 e. The molecule has 0 bridgehead atoms. The number of hydrogen-bond acceptors (Lipinski definition) is 4. The Morgan fingerprint density at radius 2 is 1.83 bits per heavy atom. The third kappa shape index (κ3) is 3.20. The van der Waals surface area contributed by atoms with E-state index in [0.29, 0.717) is 17.6 Å². The molecule has 0 radical (unpaired) electrons. The summed E-state index contributed by atoms with van der Waals surface area (Å²) in [6.45, 7) is 0.199. The third-order valence-electron chi connectivity index (χ3n) is 3.63. The molecule has 128 valence electrons. The normalized spacial score (nSPS) is 17.1. The lowest BCUT2D eigenvalue weighted by atomic mass is 10.2. The van der Waals surface area contributed by atoms with Crippen molar-refractivity contribution in [1.82, 2.24) is 4.31 Å². The second kappa shape index (κ2) is 6.37. The van der Waals surface area contributed by atoms with Gasteiger partial charge in [-0.2, -0.15) is 4.31 Å². The highest BCUT2D eigenvalue weighted by Crippen LogP contribution is 2.31. The van der Waals surface area contributed by atoms with Crippen molar-refractivity contribution >= 4 is 10.0 Å². The van der Waals surface area contributed by atoms with Crippen LogP contribution in [0, 0.1) is 11.6 Å². The largest absolute Gasteiger partial charge is 0.486 e. The molecule has 0 fully saturated rings. The van der Waals surface area contributed by atoms with E-state index in [1.807, 2.05) is 6.07 Å². The molecule has 8 heteroatoms. The van der Waals surface area contributed by atoms with Crippen molar-refractivity contribution in [3.63, 3.8) is 0 Å². The highest BCUT2D eigenvalue weighted by molar-refractivity contribution is 7.89. The van der Waals surface area contributed by atoms with E-state index in [2.05, 4.69) is 0 Å². The Hall–Kier alpha value is -2.19. The molecule has 0 spiro atoms. The Kier molecular flexibility index (Phi) is 4.42. The average molecular weight is 355 g/mol. The maximum Gasteiger partial charge on any atom is 0.243 e. The minimum absolute atomic E-state index is 0.00959. The number of halogens is 2. The van der Waals surface area contributed by atoms with Crippen LogP contribution in [0.2, 0.25) is 0 Å². The molecule has 0 aromatic heterocycles. The summed E-state index contributed by atoms with van der Waals surface area (Å²) in [7, 11) is -2.62. The van der Waals surface area contributed by atoms with Crippen molar-refractivity contribution < 1.29 is 26.7 Å². The lowest BCUT2D eigenvalue weighted by Crippen LogP contribution is -2.41. The Labute approximate surface area is 138 Å². The Balaban J connectivity index is 1.74. The van der Waals surface area contributed by atoms with E-state index in [0.717, 1.165) is 16.4 Å². The SMILES string of the molecule is CN(C[C@@H]1COc2ccccc2O1)S(=O)(=O)c1ccc(F)c(F)c1. The summed E-state index contributed by atoms with van der Waals surface area (Å²) in [5, 5.41) is 0. The van der Waals surface area contributed by atoms with Crippen LogP contribution < -0.4 is 9.47 Å². The summed E-state index contributed by atoms with van der Waals surface area (Å²) in [6, 6.07) is 9.55. The monoisotopic (exact) mass is 355 g/mol. The summed E-state index contributed by atoms with van der Waals surface area (Å²) >= 11 is 0. The van der Waals surface area contributed by atoms with Gasteiger partial charge >= 0.3 is 0 Å². The van der Waals surface area contributed by atoms with E-state index in [4.69, 9.17) is 9.47 Å². The summed E-state index contributed by atoms with van der Waals surface area (Å²) < 4.78 is 63.5. The number of rotatable bonds is 4. The van der Waals surface area contributed by atoms with Gasteiger partial charge in [0.15, 0.2) is 23.1 Å². The molecule has 0 saturated heterocycles. The van der Waals surface area contributed by atoms with Gasteiger partial charge in [-0.25, -0.2) is 17.2 Å². The van der Waals surface area contributed by atoms with Crippen LogP contribution in [-0.4, -0.2) is 39.0 Å². The first-order valence-electron chi connectivity index (χ1n) is 7.18. The van der Waals surface area contributed by atoms with Crippen molar-refractivity contribution in [2.45, 2.75) is 11.0 Å². The van der Waals surface area contributed by atoms with Gasteiger partial charge in [0.1, 0.15) is 12.7 Å². The van der Waals surface area contributed by atoms with Crippen molar-refractivity contribution in [3.05, 3.63) is 54.1 Å². The van der Waals surface area contributed by atoms with Gasteiger partial charge in [-0.1, -0.05) is 12.1 Å². The average Bonchev–Trinajstić information content (AvgIpc) is 2.57. The molecule has 1 aliphatic heterocycles. The molecule has 5 nitrogen and oxygen atoms in total. The van der Waals surface area contributed by atoms with Crippen LogP contribution >= 0.6 is 0 Å². The molecule has 0 N–H and O–H groups in total. The summed E-state index contributed by atoms with van der Waals surface area (Å²) in [4.78, 5) is -0.318. The van der Waals surface area contributed by atoms with E-state index in [9.17, 15) is 17.2 Å². The summed E-state index contributed by atoms with van der Waals surface area (Å²) in [5.74, 6) is -1.18. The zero-order valence-corrected chi connectivity index (χ0v) is 13.6. The van der Waals surface area contributed by atoms with Crippen LogP contribution in [0.4, 0.5) is 8.78 Å². The molecule has 24 heavy (non-hydrogen) atoms. The number of sulfonamides is 1. The highest BCUT2D eigenvalue weighted by Gasteiger charge is 2.28. The van der Waals surface area contributed by atoms with Gasteiger partial charge in [0, 0.05) is 7.05 Å². The molecular formula is C16H15F2NO4S.